The predicted molar refractivity (Wildman–Crippen MR) is 88.2 cm³/mol. The minimum Gasteiger partial charge on any atom is -0.444 e. The van der Waals surface area contributed by atoms with Crippen molar-refractivity contribution < 1.29 is 24.2 Å². The number of carbonyl (C=O) groups is 2. The number of aliphatic hydroxyl groups excluding tert-OH is 1. The summed E-state index contributed by atoms with van der Waals surface area (Å²) >= 11 is 0. The van der Waals surface area contributed by atoms with Crippen LogP contribution in [0.25, 0.3) is 0 Å². The van der Waals surface area contributed by atoms with Gasteiger partial charge in [0.25, 0.3) is 0 Å². The predicted octanol–water partition coefficient (Wildman–Crippen LogP) is 1.31. The van der Waals surface area contributed by atoms with Crippen molar-refractivity contribution in [1.82, 2.24) is 10.2 Å². The zero-order valence-electron chi connectivity index (χ0n) is 14.8. The van der Waals surface area contributed by atoms with Crippen LogP contribution in [0.3, 0.4) is 0 Å². The molecule has 0 aliphatic heterocycles. The molecular formula is C16H30N2O5. The van der Waals surface area contributed by atoms with Gasteiger partial charge < -0.3 is 24.8 Å². The molecule has 0 aliphatic carbocycles. The first-order chi connectivity index (χ1) is 10.7. The smallest absolute Gasteiger partial charge is 0.407 e. The molecular weight excluding hydrogens is 300 g/mol. The van der Waals surface area contributed by atoms with E-state index in [1.807, 2.05) is 13.8 Å². The number of rotatable bonds is 9. The van der Waals surface area contributed by atoms with E-state index >= 15 is 0 Å². The lowest BCUT2D eigenvalue weighted by Gasteiger charge is -2.23. The molecule has 2 amide bonds. The van der Waals surface area contributed by atoms with Crippen LogP contribution in [0, 0.1) is 0 Å². The summed E-state index contributed by atoms with van der Waals surface area (Å²) in [6.45, 7) is 10.6. The van der Waals surface area contributed by atoms with Gasteiger partial charge in [-0.2, -0.15) is 0 Å². The van der Waals surface area contributed by atoms with Crippen LogP contribution < -0.4 is 5.32 Å². The Morgan fingerprint density at radius 3 is 2.35 bits per heavy atom. The van der Waals surface area contributed by atoms with Crippen LogP contribution in [0.5, 0.6) is 0 Å². The van der Waals surface area contributed by atoms with E-state index in [4.69, 9.17) is 14.6 Å². The molecule has 0 bridgehead atoms. The minimum atomic E-state index is -0.556. The van der Waals surface area contributed by atoms with Crippen molar-refractivity contribution in [1.29, 1.82) is 0 Å². The summed E-state index contributed by atoms with van der Waals surface area (Å²) in [7, 11) is 0. The number of carbonyl (C=O) groups excluding carboxylic acids is 2. The fraction of sp³-hybridized carbons (Fsp3) is 0.750. The number of ether oxygens (including phenoxy) is 2. The van der Waals surface area contributed by atoms with Crippen LogP contribution in [0.1, 0.15) is 34.6 Å². The van der Waals surface area contributed by atoms with Crippen LogP contribution in [0.4, 0.5) is 4.79 Å². The third kappa shape index (κ3) is 12.6. The molecule has 23 heavy (non-hydrogen) atoms. The number of allylic oxidation sites excluding steroid dienone is 1. The highest BCUT2D eigenvalue weighted by Gasteiger charge is 2.16. The van der Waals surface area contributed by atoms with Crippen LogP contribution in [-0.4, -0.2) is 67.1 Å². The maximum atomic E-state index is 12.1. The van der Waals surface area contributed by atoms with E-state index in [0.717, 1.165) is 5.57 Å². The van der Waals surface area contributed by atoms with Crippen molar-refractivity contribution in [3.8, 4) is 0 Å². The first-order valence-corrected chi connectivity index (χ1v) is 7.75. The van der Waals surface area contributed by atoms with E-state index < -0.39 is 11.7 Å². The van der Waals surface area contributed by atoms with Gasteiger partial charge in [0.05, 0.1) is 19.8 Å². The molecule has 0 fully saturated rings. The van der Waals surface area contributed by atoms with Gasteiger partial charge in [-0.1, -0.05) is 5.57 Å². The molecule has 0 saturated heterocycles. The highest BCUT2D eigenvalue weighted by atomic mass is 16.6. The molecule has 2 N–H and O–H groups in total. The van der Waals surface area contributed by atoms with Crippen molar-refractivity contribution in [2.45, 2.75) is 40.2 Å². The number of alkyl carbamates (subject to hydrolysis) is 1. The van der Waals surface area contributed by atoms with E-state index in [9.17, 15) is 9.59 Å². The van der Waals surface area contributed by atoms with Gasteiger partial charge in [0.15, 0.2) is 0 Å². The van der Waals surface area contributed by atoms with Gasteiger partial charge in [0.1, 0.15) is 5.60 Å². The van der Waals surface area contributed by atoms with E-state index in [-0.39, 0.29) is 25.7 Å². The lowest BCUT2D eigenvalue weighted by atomic mass is 10.2. The fourth-order valence-electron chi connectivity index (χ4n) is 1.62. The number of nitrogens with zero attached hydrogens (tertiary/aromatic N) is 1. The fourth-order valence-corrected chi connectivity index (χ4v) is 1.62. The zero-order chi connectivity index (χ0) is 17.9. The molecule has 0 spiro atoms. The Hall–Kier alpha value is -1.60. The third-order valence-corrected chi connectivity index (χ3v) is 2.51. The average molecular weight is 330 g/mol. The van der Waals surface area contributed by atoms with Crippen LogP contribution in [0.15, 0.2) is 11.6 Å². The lowest BCUT2D eigenvalue weighted by molar-refractivity contribution is -0.126. The Labute approximate surface area is 138 Å². The van der Waals surface area contributed by atoms with E-state index in [0.29, 0.717) is 19.7 Å². The van der Waals surface area contributed by atoms with Crippen LogP contribution >= 0.6 is 0 Å². The molecule has 0 aliphatic rings. The second-order valence-electron chi connectivity index (χ2n) is 6.31. The van der Waals surface area contributed by atoms with Crippen LogP contribution in [-0.2, 0) is 14.3 Å². The topological polar surface area (TPSA) is 88.1 Å². The number of aliphatic hydroxyl groups is 1. The second-order valence-corrected chi connectivity index (χ2v) is 6.31. The summed E-state index contributed by atoms with van der Waals surface area (Å²) in [6, 6.07) is 0. The maximum absolute atomic E-state index is 12.1. The molecule has 134 valence electrons. The van der Waals surface area contributed by atoms with Crippen molar-refractivity contribution in [2.24, 2.45) is 0 Å². The molecule has 0 aromatic heterocycles. The van der Waals surface area contributed by atoms with Crippen molar-refractivity contribution in [2.75, 3.05) is 39.5 Å². The number of nitrogens with one attached hydrogen (secondary N) is 1. The Balaban J connectivity index is 4.37. The third-order valence-electron chi connectivity index (χ3n) is 2.51. The summed E-state index contributed by atoms with van der Waals surface area (Å²) in [6.07, 6.45) is 1.03. The maximum Gasteiger partial charge on any atom is 0.407 e. The zero-order valence-corrected chi connectivity index (χ0v) is 14.8. The first-order valence-electron chi connectivity index (χ1n) is 7.75. The highest BCUT2D eigenvalue weighted by Crippen LogP contribution is 2.06. The lowest BCUT2D eigenvalue weighted by Crippen LogP contribution is -2.41. The van der Waals surface area contributed by atoms with E-state index in [1.165, 1.54) is 0 Å². The number of hydrogen-bond donors (Lipinski definition) is 2. The van der Waals surface area contributed by atoms with Gasteiger partial charge >= 0.3 is 6.09 Å². The molecule has 7 heteroatoms. The largest absolute Gasteiger partial charge is 0.444 e. The minimum absolute atomic E-state index is 0.0535. The van der Waals surface area contributed by atoms with Crippen molar-refractivity contribution in [3.63, 3.8) is 0 Å². The Kier molecular flexibility index (Phi) is 10.2. The molecule has 0 heterocycles. The summed E-state index contributed by atoms with van der Waals surface area (Å²) in [5.41, 5.74) is 0.344. The van der Waals surface area contributed by atoms with Crippen molar-refractivity contribution in [3.05, 3.63) is 11.6 Å². The normalized spacial score (nSPS) is 10.9. The molecule has 0 rings (SSSR count). The molecule has 0 aromatic carbocycles. The van der Waals surface area contributed by atoms with Gasteiger partial charge in [-0.25, -0.2) is 4.79 Å². The summed E-state index contributed by atoms with van der Waals surface area (Å²) in [4.78, 5) is 25.3. The van der Waals surface area contributed by atoms with E-state index in [1.54, 1.807) is 31.7 Å². The molecule has 0 radical (unpaired) electrons. The average Bonchev–Trinajstić information content (AvgIpc) is 2.38. The Morgan fingerprint density at radius 1 is 1.17 bits per heavy atom. The molecule has 0 aromatic rings. The van der Waals surface area contributed by atoms with Gasteiger partial charge in [-0.3, -0.25) is 4.79 Å². The standard InChI is InChI=1S/C16H30N2O5/c1-13(2)12-14(20)18(8-10-22-11-9-19)7-6-17-15(21)23-16(3,4)5/h12,19H,6-11H2,1-5H3,(H,17,21). The van der Waals surface area contributed by atoms with Crippen molar-refractivity contribution >= 4 is 12.0 Å². The quantitative estimate of drug-likeness (QED) is 0.492. The summed E-state index contributed by atoms with van der Waals surface area (Å²) in [5.74, 6) is -0.136. The van der Waals surface area contributed by atoms with Gasteiger partial charge in [0.2, 0.25) is 5.91 Å². The second kappa shape index (κ2) is 11.0. The van der Waals surface area contributed by atoms with E-state index in [2.05, 4.69) is 5.32 Å². The Bertz CT molecular complexity index is 398. The Morgan fingerprint density at radius 2 is 1.83 bits per heavy atom. The van der Waals surface area contributed by atoms with Gasteiger partial charge in [-0.15, -0.1) is 0 Å². The molecule has 0 unspecified atom stereocenters. The first kappa shape index (κ1) is 21.4. The number of hydrogen-bond acceptors (Lipinski definition) is 5. The van der Waals surface area contributed by atoms with Gasteiger partial charge in [-0.05, 0) is 34.6 Å². The molecule has 0 saturated carbocycles. The van der Waals surface area contributed by atoms with Gasteiger partial charge in [0, 0.05) is 25.7 Å². The summed E-state index contributed by atoms with van der Waals surface area (Å²) < 4.78 is 10.3. The number of amides is 2. The van der Waals surface area contributed by atoms with Crippen LogP contribution in [0.2, 0.25) is 0 Å². The highest BCUT2D eigenvalue weighted by molar-refractivity contribution is 5.88. The molecule has 0 atom stereocenters. The monoisotopic (exact) mass is 330 g/mol. The summed E-state index contributed by atoms with van der Waals surface area (Å²) in [5, 5.41) is 11.3. The SMILES string of the molecule is CC(C)=CC(=O)N(CCNC(=O)OC(C)(C)C)CCOCCO. The molecule has 7 nitrogen and oxygen atoms in total.